The van der Waals surface area contributed by atoms with Gasteiger partial charge in [0.2, 0.25) is 0 Å². The van der Waals surface area contributed by atoms with E-state index in [2.05, 4.69) is 15.4 Å². The lowest BCUT2D eigenvalue weighted by Crippen LogP contribution is -2.37. The Morgan fingerprint density at radius 3 is 3.00 bits per heavy atom. The minimum atomic E-state index is 0.787. The monoisotopic (exact) mass is 209 g/mol. The zero-order valence-corrected chi connectivity index (χ0v) is 8.66. The van der Waals surface area contributed by atoms with Crippen molar-refractivity contribution in [2.24, 2.45) is 0 Å². The lowest BCUT2D eigenvalue weighted by atomic mass is 10.1. The van der Waals surface area contributed by atoms with E-state index in [1.165, 1.54) is 5.56 Å². The molecule has 0 spiro atoms. The lowest BCUT2D eigenvalue weighted by molar-refractivity contribution is 0.122. The van der Waals surface area contributed by atoms with E-state index in [0.717, 1.165) is 57.4 Å². The van der Waals surface area contributed by atoms with Gasteiger partial charge in [-0.3, -0.25) is 0 Å². The van der Waals surface area contributed by atoms with Crippen LogP contribution in [0.2, 0.25) is 0 Å². The number of aromatic nitrogens is 1. The lowest BCUT2D eigenvalue weighted by Gasteiger charge is -2.27. The standard InChI is InChI=1S/C10H15N3O2/c1-2-11-7-8-9(1)15-12-10(8)13-3-5-14-6-4-13/h11H,1-7H2. The van der Waals surface area contributed by atoms with Crippen LogP contribution in [0, 0.1) is 0 Å². The smallest absolute Gasteiger partial charge is 0.176 e. The predicted octanol–water partition coefficient (Wildman–Crippen LogP) is 0.157. The summed E-state index contributed by atoms with van der Waals surface area (Å²) in [6.45, 7) is 5.28. The van der Waals surface area contributed by atoms with Gasteiger partial charge in [-0.15, -0.1) is 0 Å². The van der Waals surface area contributed by atoms with Crippen molar-refractivity contribution in [1.82, 2.24) is 10.5 Å². The number of hydrogen-bond donors (Lipinski definition) is 1. The van der Waals surface area contributed by atoms with E-state index >= 15 is 0 Å². The molecule has 2 aliphatic rings. The molecule has 1 N–H and O–H groups in total. The van der Waals surface area contributed by atoms with Gasteiger partial charge in [-0.1, -0.05) is 5.16 Å². The van der Waals surface area contributed by atoms with E-state index in [0.29, 0.717) is 0 Å². The minimum Gasteiger partial charge on any atom is -0.378 e. The van der Waals surface area contributed by atoms with Gasteiger partial charge in [0.05, 0.1) is 18.8 Å². The second-order valence-corrected chi connectivity index (χ2v) is 3.93. The number of nitrogens with one attached hydrogen (secondary N) is 1. The summed E-state index contributed by atoms with van der Waals surface area (Å²) in [5.41, 5.74) is 1.24. The Morgan fingerprint density at radius 2 is 2.13 bits per heavy atom. The van der Waals surface area contributed by atoms with Crippen molar-refractivity contribution in [3.05, 3.63) is 11.3 Å². The average molecular weight is 209 g/mol. The van der Waals surface area contributed by atoms with Crippen LogP contribution in [0.5, 0.6) is 0 Å². The molecule has 1 aromatic rings. The Bertz CT molecular complexity index is 344. The van der Waals surface area contributed by atoms with E-state index in [-0.39, 0.29) is 0 Å². The number of fused-ring (bicyclic) bond motifs is 1. The summed E-state index contributed by atoms with van der Waals surface area (Å²) in [5.74, 6) is 2.07. The molecule has 3 rings (SSSR count). The largest absolute Gasteiger partial charge is 0.378 e. The third-order valence-corrected chi connectivity index (χ3v) is 2.99. The summed E-state index contributed by atoms with van der Waals surface area (Å²) in [7, 11) is 0. The predicted molar refractivity (Wildman–Crippen MR) is 54.9 cm³/mol. The second-order valence-electron chi connectivity index (χ2n) is 3.93. The van der Waals surface area contributed by atoms with E-state index in [1.807, 2.05) is 0 Å². The first-order chi connectivity index (χ1) is 7.45. The molecule has 0 saturated carbocycles. The maximum atomic E-state index is 5.37. The third-order valence-electron chi connectivity index (χ3n) is 2.99. The van der Waals surface area contributed by atoms with Crippen molar-refractivity contribution < 1.29 is 9.26 Å². The summed E-state index contributed by atoms with van der Waals surface area (Å²) in [6, 6.07) is 0. The molecule has 0 aromatic carbocycles. The number of morpholine rings is 1. The molecule has 0 bridgehead atoms. The molecule has 0 aliphatic carbocycles. The SMILES string of the molecule is C1Cc2onc(N3CCOCC3)c2CN1. The Kier molecular flexibility index (Phi) is 2.34. The van der Waals surface area contributed by atoms with Gasteiger partial charge in [-0.25, -0.2) is 0 Å². The zero-order chi connectivity index (χ0) is 10.1. The van der Waals surface area contributed by atoms with Crippen LogP contribution in [0.4, 0.5) is 5.82 Å². The molecule has 1 aromatic heterocycles. The molecule has 0 unspecified atom stereocenters. The highest BCUT2D eigenvalue weighted by molar-refractivity contribution is 5.49. The number of nitrogens with zero attached hydrogens (tertiary/aromatic N) is 2. The Morgan fingerprint density at radius 1 is 1.27 bits per heavy atom. The highest BCUT2D eigenvalue weighted by Crippen LogP contribution is 2.25. The highest BCUT2D eigenvalue weighted by atomic mass is 16.5. The fourth-order valence-electron chi connectivity index (χ4n) is 2.15. The quantitative estimate of drug-likeness (QED) is 0.714. The van der Waals surface area contributed by atoms with Crippen LogP contribution in [0.1, 0.15) is 11.3 Å². The molecule has 0 atom stereocenters. The van der Waals surface area contributed by atoms with Gasteiger partial charge in [0.25, 0.3) is 0 Å². The summed E-state index contributed by atoms with van der Waals surface area (Å²) < 4.78 is 10.7. The molecule has 0 radical (unpaired) electrons. The molecule has 5 heteroatoms. The molecule has 82 valence electrons. The van der Waals surface area contributed by atoms with E-state index < -0.39 is 0 Å². The molecule has 5 nitrogen and oxygen atoms in total. The van der Waals surface area contributed by atoms with Crippen molar-refractivity contribution in [3.8, 4) is 0 Å². The number of anilines is 1. The Hall–Kier alpha value is -1.07. The van der Waals surface area contributed by atoms with Gasteiger partial charge >= 0.3 is 0 Å². The van der Waals surface area contributed by atoms with Crippen LogP contribution in [0.3, 0.4) is 0 Å². The summed E-state index contributed by atoms with van der Waals surface area (Å²) >= 11 is 0. The first kappa shape index (κ1) is 9.18. The number of hydrogen-bond acceptors (Lipinski definition) is 5. The van der Waals surface area contributed by atoms with E-state index in [1.54, 1.807) is 0 Å². The van der Waals surface area contributed by atoms with Crippen molar-refractivity contribution in [2.45, 2.75) is 13.0 Å². The molecule has 1 fully saturated rings. The van der Waals surface area contributed by atoms with Gasteiger partial charge in [-0.2, -0.15) is 0 Å². The van der Waals surface area contributed by atoms with Gasteiger partial charge < -0.3 is 19.5 Å². The zero-order valence-electron chi connectivity index (χ0n) is 8.66. The van der Waals surface area contributed by atoms with Crippen LogP contribution < -0.4 is 10.2 Å². The van der Waals surface area contributed by atoms with Crippen molar-refractivity contribution >= 4 is 5.82 Å². The minimum absolute atomic E-state index is 0.787. The first-order valence-corrected chi connectivity index (χ1v) is 5.46. The molecule has 2 aliphatic heterocycles. The number of ether oxygens (including phenoxy) is 1. The molecular formula is C10H15N3O2. The van der Waals surface area contributed by atoms with Gasteiger partial charge in [0.1, 0.15) is 5.76 Å². The maximum Gasteiger partial charge on any atom is 0.176 e. The topological polar surface area (TPSA) is 50.5 Å². The number of rotatable bonds is 1. The highest BCUT2D eigenvalue weighted by Gasteiger charge is 2.24. The molecule has 0 amide bonds. The van der Waals surface area contributed by atoms with E-state index in [4.69, 9.17) is 9.26 Å². The fourth-order valence-corrected chi connectivity index (χ4v) is 2.15. The van der Waals surface area contributed by atoms with Crippen molar-refractivity contribution in [1.29, 1.82) is 0 Å². The van der Waals surface area contributed by atoms with E-state index in [9.17, 15) is 0 Å². The summed E-state index contributed by atoms with van der Waals surface area (Å²) in [5, 5.41) is 7.53. The van der Waals surface area contributed by atoms with Crippen molar-refractivity contribution in [2.75, 3.05) is 37.7 Å². The molecular weight excluding hydrogens is 194 g/mol. The molecule has 1 saturated heterocycles. The Balaban J connectivity index is 1.87. The van der Waals surface area contributed by atoms with Gasteiger partial charge in [0, 0.05) is 32.6 Å². The first-order valence-electron chi connectivity index (χ1n) is 5.46. The molecule has 3 heterocycles. The fraction of sp³-hybridized carbons (Fsp3) is 0.700. The maximum absolute atomic E-state index is 5.37. The second kappa shape index (κ2) is 3.83. The van der Waals surface area contributed by atoms with Crippen molar-refractivity contribution in [3.63, 3.8) is 0 Å². The Labute approximate surface area is 88.4 Å². The van der Waals surface area contributed by atoms with Gasteiger partial charge in [-0.05, 0) is 0 Å². The van der Waals surface area contributed by atoms with Crippen LogP contribution >= 0.6 is 0 Å². The van der Waals surface area contributed by atoms with Crippen LogP contribution in [-0.4, -0.2) is 38.0 Å². The average Bonchev–Trinajstić information content (AvgIpc) is 2.74. The summed E-state index contributed by atoms with van der Waals surface area (Å²) in [4.78, 5) is 2.25. The van der Waals surface area contributed by atoms with Crippen LogP contribution in [0.15, 0.2) is 4.52 Å². The third kappa shape index (κ3) is 1.61. The molecule has 15 heavy (non-hydrogen) atoms. The normalized spacial score (nSPS) is 21.5. The van der Waals surface area contributed by atoms with Gasteiger partial charge in [0.15, 0.2) is 5.82 Å². The summed E-state index contributed by atoms with van der Waals surface area (Å²) in [6.07, 6.45) is 0.951. The van der Waals surface area contributed by atoms with Crippen LogP contribution in [-0.2, 0) is 17.7 Å². The van der Waals surface area contributed by atoms with Crippen LogP contribution in [0.25, 0.3) is 0 Å².